The van der Waals surface area contributed by atoms with Crippen LogP contribution >= 0.6 is 12.2 Å². The molecule has 2 aromatic carbocycles. The molecule has 0 amide bonds. The topological polar surface area (TPSA) is 33.8 Å². The van der Waals surface area contributed by atoms with Crippen LogP contribution in [0.3, 0.4) is 0 Å². The molecule has 1 unspecified atom stereocenters. The standard InChI is InChI=1S/C28H37N5S/c1-6-16-33-18-22(17-20-8-12-24(13-9-20)32(5)7-2)27-25(19-33)26(29-28(34)30-27)21-10-14-23(15-11-21)31(3)4/h8-15,17,26H,6-7,16,18-19H2,1-5H3,(H2,29,30,34)/b22-17+. The summed E-state index contributed by atoms with van der Waals surface area (Å²) < 4.78 is 0. The molecule has 0 aromatic heterocycles. The summed E-state index contributed by atoms with van der Waals surface area (Å²) >= 11 is 5.66. The van der Waals surface area contributed by atoms with Crippen molar-refractivity contribution in [2.24, 2.45) is 0 Å². The number of rotatable bonds is 7. The molecule has 2 aromatic rings. The van der Waals surface area contributed by atoms with Crippen molar-refractivity contribution in [2.75, 3.05) is 57.1 Å². The molecule has 2 aliphatic heterocycles. The minimum Gasteiger partial charge on any atom is -0.378 e. The summed E-state index contributed by atoms with van der Waals surface area (Å²) in [6.07, 6.45) is 3.45. The molecular formula is C28H37N5S. The molecule has 0 radical (unpaired) electrons. The summed E-state index contributed by atoms with van der Waals surface area (Å²) in [5.74, 6) is 0. The Hall–Kier alpha value is -2.83. The number of thiocarbonyl (C=S) groups is 1. The third-order valence-electron chi connectivity index (χ3n) is 6.72. The van der Waals surface area contributed by atoms with E-state index in [1.807, 2.05) is 0 Å². The van der Waals surface area contributed by atoms with Gasteiger partial charge in [-0.1, -0.05) is 31.2 Å². The summed E-state index contributed by atoms with van der Waals surface area (Å²) in [5, 5.41) is 7.74. The normalized spacial score (nSPS) is 19.5. The number of nitrogens with zero attached hydrogens (tertiary/aromatic N) is 3. The second-order valence-electron chi connectivity index (χ2n) is 9.40. The molecule has 2 heterocycles. The van der Waals surface area contributed by atoms with E-state index in [4.69, 9.17) is 12.2 Å². The van der Waals surface area contributed by atoms with E-state index in [0.29, 0.717) is 5.11 Å². The Balaban J connectivity index is 1.72. The lowest BCUT2D eigenvalue weighted by Gasteiger charge is -2.40. The van der Waals surface area contributed by atoms with Crippen molar-refractivity contribution in [3.8, 4) is 0 Å². The van der Waals surface area contributed by atoms with Gasteiger partial charge in [-0.25, -0.2) is 0 Å². The van der Waals surface area contributed by atoms with Gasteiger partial charge in [0.25, 0.3) is 0 Å². The highest BCUT2D eigenvalue weighted by atomic mass is 32.1. The van der Waals surface area contributed by atoms with Gasteiger partial charge in [-0.2, -0.15) is 0 Å². The second-order valence-corrected chi connectivity index (χ2v) is 9.81. The Kier molecular flexibility index (Phi) is 7.59. The van der Waals surface area contributed by atoms with Crippen LogP contribution in [0.25, 0.3) is 6.08 Å². The van der Waals surface area contributed by atoms with E-state index in [-0.39, 0.29) is 6.04 Å². The van der Waals surface area contributed by atoms with Crippen LogP contribution in [-0.2, 0) is 0 Å². The summed E-state index contributed by atoms with van der Waals surface area (Å²) in [4.78, 5) is 6.92. The quantitative estimate of drug-likeness (QED) is 0.561. The van der Waals surface area contributed by atoms with Crippen LogP contribution in [0.1, 0.15) is 37.4 Å². The van der Waals surface area contributed by atoms with E-state index in [1.54, 1.807) is 0 Å². The van der Waals surface area contributed by atoms with Gasteiger partial charge in [0.2, 0.25) is 0 Å². The van der Waals surface area contributed by atoms with Crippen molar-refractivity contribution >= 4 is 34.8 Å². The second kappa shape index (κ2) is 10.6. The fourth-order valence-corrected chi connectivity index (χ4v) is 4.94. The first-order valence-electron chi connectivity index (χ1n) is 12.2. The largest absolute Gasteiger partial charge is 0.378 e. The van der Waals surface area contributed by atoms with Crippen LogP contribution in [0.4, 0.5) is 11.4 Å². The fourth-order valence-electron chi connectivity index (χ4n) is 4.72. The lowest BCUT2D eigenvalue weighted by molar-refractivity contribution is 0.301. The molecule has 1 atom stereocenters. The van der Waals surface area contributed by atoms with E-state index < -0.39 is 0 Å². The highest BCUT2D eigenvalue weighted by molar-refractivity contribution is 7.80. The number of anilines is 2. The maximum atomic E-state index is 5.66. The van der Waals surface area contributed by atoms with Gasteiger partial charge in [0.15, 0.2) is 5.11 Å². The number of hydrogen-bond donors (Lipinski definition) is 2. The Morgan fingerprint density at radius 1 is 0.971 bits per heavy atom. The Morgan fingerprint density at radius 2 is 1.65 bits per heavy atom. The molecule has 2 N–H and O–H groups in total. The molecule has 5 nitrogen and oxygen atoms in total. The maximum Gasteiger partial charge on any atom is 0.171 e. The summed E-state index contributed by atoms with van der Waals surface area (Å²) in [6, 6.07) is 17.7. The van der Waals surface area contributed by atoms with Crippen LogP contribution in [-0.4, -0.2) is 57.3 Å². The maximum absolute atomic E-state index is 5.66. The van der Waals surface area contributed by atoms with Gasteiger partial charge in [-0.3, -0.25) is 4.90 Å². The van der Waals surface area contributed by atoms with Crippen molar-refractivity contribution in [1.29, 1.82) is 0 Å². The number of benzene rings is 2. The lowest BCUT2D eigenvalue weighted by atomic mass is 9.88. The average molecular weight is 476 g/mol. The zero-order valence-electron chi connectivity index (χ0n) is 21.1. The third-order valence-corrected chi connectivity index (χ3v) is 6.94. The predicted molar refractivity (Wildman–Crippen MR) is 149 cm³/mol. The van der Waals surface area contributed by atoms with E-state index in [1.165, 1.54) is 39.3 Å². The summed E-state index contributed by atoms with van der Waals surface area (Å²) in [5.41, 5.74) is 8.74. The molecular weight excluding hydrogens is 438 g/mol. The van der Waals surface area contributed by atoms with Crippen molar-refractivity contribution < 1.29 is 0 Å². The summed E-state index contributed by atoms with van der Waals surface area (Å²) in [7, 11) is 6.27. The number of hydrogen-bond acceptors (Lipinski definition) is 4. The van der Waals surface area contributed by atoms with Crippen molar-refractivity contribution in [3.05, 3.63) is 76.5 Å². The van der Waals surface area contributed by atoms with Crippen LogP contribution in [0.5, 0.6) is 0 Å². The van der Waals surface area contributed by atoms with Crippen molar-refractivity contribution in [3.63, 3.8) is 0 Å². The molecule has 0 aliphatic carbocycles. The molecule has 4 rings (SSSR count). The smallest absolute Gasteiger partial charge is 0.171 e. The van der Waals surface area contributed by atoms with Crippen molar-refractivity contribution in [1.82, 2.24) is 15.5 Å². The van der Waals surface area contributed by atoms with Crippen LogP contribution in [0.2, 0.25) is 0 Å². The zero-order valence-corrected chi connectivity index (χ0v) is 21.9. The molecule has 0 bridgehead atoms. The summed E-state index contributed by atoms with van der Waals surface area (Å²) in [6.45, 7) is 8.35. The first-order valence-corrected chi connectivity index (χ1v) is 12.6. The minimum absolute atomic E-state index is 0.0728. The molecule has 180 valence electrons. The SMILES string of the molecule is CCCN1CC2=C(NC(=S)NC2c2ccc(N(C)C)cc2)/C(=C/c2ccc(N(C)CC)cc2)C1. The van der Waals surface area contributed by atoms with Crippen LogP contribution < -0.4 is 20.4 Å². The molecule has 0 spiro atoms. The van der Waals surface area contributed by atoms with E-state index >= 15 is 0 Å². The molecule has 0 fully saturated rings. The van der Waals surface area contributed by atoms with Crippen LogP contribution in [0.15, 0.2) is 65.4 Å². The van der Waals surface area contributed by atoms with Gasteiger partial charge in [0.1, 0.15) is 0 Å². The highest BCUT2D eigenvalue weighted by Crippen LogP contribution is 2.35. The Labute approximate surface area is 210 Å². The third kappa shape index (κ3) is 5.29. The minimum atomic E-state index is 0.0728. The molecule has 6 heteroatoms. The Bertz CT molecular complexity index is 1070. The molecule has 2 aliphatic rings. The molecule has 0 saturated carbocycles. The van der Waals surface area contributed by atoms with Gasteiger partial charge >= 0.3 is 0 Å². The molecule has 34 heavy (non-hydrogen) atoms. The number of nitrogens with one attached hydrogen (secondary N) is 2. The highest BCUT2D eigenvalue weighted by Gasteiger charge is 2.33. The molecule has 0 saturated heterocycles. The first kappa shape index (κ1) is 24.3. The lowest BCUT2D eigenvalue weighted by Crippen LogP contribution is -2.50. The first-order chi connectivity index (χ1) is 16.4. The predicted octanol–water partition coefficient (Wildman–Crippen LogP) is 4.79. The Morgan fingerprint density at radius 3 is 2.26 bits per heavy atom. The van der Waals surface area contributed by atoms with Gasteiger partial charge in [-0.15, -0.1) is 0 Å². The van der Waals surface area contributed by atoms with Crippen molar-refractivity contribution in [2.45, 2.75) is 26.3 Å². The van der Waals surface area contributed by atoms with Gasteiger partial charge in [-0.05, 0) is 84.7 Å². The van der Waals surface area contributed by atoms with Gasteiger partial charge in [0.05, 0.1) is 6.04 Å². The van der Waals surface area contributed by atoms with Gasteiger partial charge < -0.3 is 20.4 Å². The average Bonchev–Trinajstić information content (AvgIpc) is 2.84. The monoisotopic (exact) mass is 475 g/mol. The van der Waals surface area contributed by atoms with Crippen LogP contribution in [0, 0.1) is 0 Å². The van der Waals surface area contributed by atoms with E-state index in [0.717, 1.165) is 32.6 Å². The van der Waals surface area contributed by atoms with Gasteiger partial charge in [0, 0.05) is 57.8 Å². The van der Waals surface area contributed by atoms with E-state index in [2.05, 4.69) is 115 Å². The fraction of sp³-hybridized carbons (Fsp3) is 0.393. The zero-order chi connectivity index (χ0) is 24.2. The van der Waals surface area contributed by atoms with E-state index in [9.17, 15) is 0 Å².